The van der Waals surface area contributed by atoms with Crippen LogP contribution in [-0.2, 0) is 0 Å². The number of imidazole rings is 1. The number of aromatic nitrogens is 4. The molecule has 3 aromatic heterocycles. The minimum atomic E-state index is -0.125. The molecule has 7 nitrogen and oxygen atoms in total. The predicted octanol–water partition coefficient (Wildman–Crippen LogP) is 3.17. The van der Waals surface area contributed by atoms with Crippen molar-refractivity contribution in [1.29, 1.82) is 0 Å². The number of carbonyl (C=O) groups excluding carboxylic acids is 1. The fourth-order valence-electron chi connectivity index (χ4n) is 3.71. The van der Waals surface area contributed by atoms with Crippen LogP contribution in [0.4, 0.5) is 5.82 Å². The lowest BCUT2D eigenvalue weighted by Gasteiger charge is -2.18. The van der Waals surface area contributed by atoms with E-state index in [-0.39, 0.29) is 11.9 Å². The number of carbonyl (C=O) groups is 1. The number of hydrogen-bond acceptors (Lipinski definition) is 6. The second-order valence-corrected chi connectivity index (χ2v) is 8.02. The SMILES string of the molecule is Cc1ccccc1-c1nc(C(=O)N[C@H]2CCN(c3nccn4ccnc34)C2)cs1. The summed E-state index contributed by atoms with van der Waals surface area (Å²) in [7, 11) is 0. The van der Waals surface area contributed by atoms with E-state index in [1.54, 1.807) is 12.4 Å². The minimum Gasteiger partial charge on any atom is -0.351 e. The van der Waals surface area contributed by atoms with Gasteiger partial charge in [-0.15, -0.1) is 11.3 Å². The number of rotatable bonds is 4. The van der Waals surface area contributed by atoms with Crippen molar-refractivity contribution in [2.24, 2.45) is 0 Å². The van der Waals surface area contributed by atoms with Gasteiger partial charge >= 0.3 is 0 Å². The Morgan fingerprint density at radius 2 is 2.03 bits per heavy atom. The van der Waals surface area contributed by atoms with E-state index in [2.05, 4.69) is 38.2 Å². The molecule has 0 unspecified atom stereocenters. The number of fused-ring (bicyclic) bond motifs is 1. The Morgan fingerprint density at radius 3 is 2.90 bits per heavy atom. The number of nitrogens with one attached hydrogen (secondary N) is 1. The number of anilines is 1. The van der Waals surface area contributed by atoms with Crippen LogP contribution in [0.3, 0.4) is 0 Å². The van der Waals surface area contributed by atoms with Gasteiger partial charge in [-0.05, 0) is 18.9 Å². The van der Waals surface area contributed by atoms with E-state index in [9.17, 15) is 4.79 Å². The fourth-order valence-corrected chi connectivity index (χ4v) is 4.60. The molecule has 1 aromatic carbocycles. The molecule has 5 rings (SSSR count). The van der Waals surface area contributed by atoms with Gasteiger partial charge in [-0.2, -0.15) is 0 Å². The van der Waals surface area contributed by atoms with E-state index in [1.165, 1.54) is 11.3 Å². The number of nitrogens with zero attached hydrogens (tertiary/aromatic N) is 5. The molecule has 1 fully saturated rings. The molecule has 4 heterocycles. The molecule has 1 N–H and O–H groups in total. The van der Waals surface area contributed by atoms with Gasteiger partial charge in [-0.1, -0.05) is 24.3 Å². The lowest BCUT2D eigenvalue weighted by Crippen LogP contribution is -2.37. The van der Waals surface area contributed by atoms with E-state index in [0.29, 0.717) is 12.2 Å². The average molecular weight is 404 g/mol. The molecule has 29 heavy (non-hydrogen) atoms. The summed E-state index contributed by atoms with van der Waals surface area (Å²) in [6.45, 7) is 3.59. The first-order chi connectivity index (χ1) is 14.2. The molecule has 1 saturated heterocycles. The Morgan fingerprint density at radius 1 is 1.21 bits per heavy atom. The van der Waals surface area contributed by atoms with Crippen molar-refractivity contribution in [2.45, 2.75) is 19.4 Å². The molecule has 1 atom stereocenters. The number of amides is 1. The van der Waals surface area contributed by atoms with E-state index in [0.717, 1.165) is 40.6 Å². The largest absolute Gasteiger partial charge is 0.351 e. The summed E-state index contributed by atoms with van der Waals surface area (Å²) in [4.78, 5) is 28.4. The van der Waals surface area contributed by atoms with Crippen molar-refractivity contribution in [3.63, 3.8) is 0 Å². The standard InChI is InChI=1S/C21H20N6OS/c1-14-4-2-3-5-16(14)21-25-17(13-29-21)20(28)24-15-6-9-27(12-15)19-18-22-7-10-26(18)11-8-23-19/h2-5,7-8,10-11,13,15H,6,9,12H2,1H3,(H,24,28)/t15-/m0/s1. The molecule has 0 aliphatic carbocycles. The zero-order valence-corrected chi connectivity index (χ0v) is 16.8. The van der Waals surface area contributed by atoms with Crippen molar-refractivity contribution < 1.29 is 4.79 Å². The van der Waals surface area contributed by atoms with Gasteiger partial charge in [-0.25, -0.2) is 15.0 Å². The number of hydrogen-bond donors (Lipinski definition) is 1. The highest BCUT2D eigenvalue weighted by molar-refractivity contribution is 7.13. The smallest absolute Gasteiger partial charge is 0.271 e. The highest BCUT2D eigenvalue weighted by atomic mass is 32.1. The highest BCUT2D eigenvalue weighted by Gasteiger charge is 2.27. The molecule has 0 spiro atoms. The molecule has 4 aromatic rings. The van der Waals surface area contributed by atoms with Gasteiger partial charge in [0.25, 0.3) is 5.91 Å². The van der Waals surface area contributed by atoms with Crippen molar-refractivity contribution in [1.82, 2.24) is 24.7 Å². The van der Waals surface area contributed by atoms with E-state index < -0.39 is 0 Å². The molecule has 1 aliphatic heterocycles. The third-order valence-electron chi connectivity index (χ3n) is 5.23. The second-order valence-electron chi connectivity index (χ2n) is 7.17. The van der Waals surface area contributed by atoms with Gasteiger partial charge in [0.15, 0.2) is 11.5 Å². The number of benzene rings is 1. The molecule has 0 bridgehead atoms. The normalized spacial score (nSPS) is 16.4. The van der Waals surface area contributed by atoms with Crippen molar-refractivity contribution >= 4 is 28.7 Å². The summed E-state index contributed by atoms with van der Waals surface area (Å²) in [6.07, 6.45) is 8.20. The average Bonchev–Trinajstić information content (AvgIpc) is 3.48. The van der Waals surface area contributed by atoms with Crippen molar-refractivity contribution in [3.05, 3.63) is 65.7 Å². The molecule has 146 valence electrons. The van der Waals surface area contributed by atoms with Gasteiger partial charge in [0.05, 0.1) is 0 Å². The van der Waals surface area contributed by atoms with E-state index in [4.69, 9.17) is 0 Å². The van der Waals surface area contributed by atoms with Crippen LogP contribution >= 0.6 is 11.3 Å². The topological polar surface area (TPSA) is 75.4 Å². The Hall–Kier alpha value is -3.26. The highest BCUT2D eigenvalue weighted by Crippen LogP contribution is 2.27. The maximum atomic E-state index is 12.7. The van der Waals surface area contributed by atoms with Crippen LogP contribution in [0.15, 0.2) is 54.4 Å². The maximum absolute atomic E-state index is 12.7. The molecule has 0 radical (unpaired) electrons. The first-order valence-corrected chi connectivity index (χ1v) is 10.4. The van der Waals surface area contributed by atoms with Gasteiger partial charge in [0.1, 0.15) is 10.7 Å². The Labute approximate surface area is 172 Å². The lowest BCUT2D eigenvalue weighted by atomic mass is 10.1. The molecular formula is C21H20N6OS. The summed E-state index contributed by atoms with van der Waals surface area (Å²) in [5, 5.41) is 5.83. The summed E-state index contributed by atoms with van der Waals surface area (Å²) in [5.74, 6) is 0.727. The molecule has 0 saturated carbocycles. The van der Waals surface area contributed by atoms with Gasteiger partial charge in [-0.3, -0.25) is 4.79 Å². The number of thiazole rings is 1. The summed E-state index contributed by atoms with van der Waals surface area (Å²) < 4.78 is 1.95. The molecule has 8 heteroatoms. The molecule has 1 amide bonds. The molecule has 1 aliphatic rings. The van der Waals surface area contributed by atoms with Gasteiger partial charge < -0.3 is 14.6 Å². The van der Waals surface area contributed by atoms with Crippen LogP contribution in [0.1, 0.15) is 22.5 Å². The van der Waals surface area contributed by atoms with Crippen LogP contribution in [0.5, 0.6) is 0 Å². The zero-order valence-electron chi connectivity index (χ0n) is 15.9. The second kappa shape index (κ2) is 7.29. The van der Waals surface area contributed by atoms with Crippen LogP contribution < -0.4 is 10.2 Å². The lowest BCUT2D eigenvalue weighted by molar-refractivity contribution is 0.0936. The summed E-state index contributed by atoms with van der Waals surface area (Å²) in [5.41, 5.74) is 3.53. The van der Waals surface area contributed by atoms with Gasteiger partial charge in [0, 0.05) is 54.9 Å². The van der Waals surface area contributed by atoms with Crippen molar-refractivity contribution in [3.8, 4) is 10.6 Å². The first-order valence-electron chi connectivity index (χ1n) is 9.54. The van der Waals surface area contributed by atoms with Crippen LogP contribution in [0.2, 0.25) is 0 Å². The zero-order chi connectivity index (χ0) is 19.8. The third kappa shape index (κ3) is 3.36. The van der Waals surface area contributed by atoms with Gasteiger partial charge in [0.2, 0.25) is 0 Å². The van der Waals surface area contributed by atoms with Crippen LogP contribution in [-0.4, -0.2) is 44.4 Å². The Kier molecular flexibility index (Phi) is 4.48. The predicted molar refractivity (Wildman–Crippen MR) is 113 cm³/mol. The Bertz CT molecular complexity index is 1180. The maximum Gasteiger partial charge on any atom is 0.271 e. The first kappa shape index (κ1) is 17.8. The quantitative estimate of drug-likeness (QED) is 0.565. The van der Waals surface area contributed by atoms with Crippen molar-refractivity contribution in [2.75, 3.05) is 18.0 Å². The van der Waals surface area contributed by atoms with E-state index in [1.807, 2.05) is 40.4 Å². The van der Waals surface area contributed by atoms with Crippen LogP contribution in [0.25, 0.3) is 16.2 Å². The molecular weight excluding hydrogens is 384 g/mol. The van der Waals surface area contributed by atoms with Crippen LogP contribution in [0, 0.1) is 6.92 Å². The monoisotopic (exact) mass is 404 g/mol. The van der Waals surface area contributed by atoms with E-state index >= 15 is 0 Å². The Balaban J connectivity index is 1.28. The summed E-state index contributed by atoms with van der Waals surface area (Å²) in [6, 6.07) is 8.14. The minimum absolute atomic E-state index is 0.0585. The fraction of sp³-hybridized carbons (Fsp3) is 0.238. The number of aryl methyl sites for hydroxylation is 1. The summed E-state index contributed by atoms with van der Waals surface area (Å²) >= 11 is 1.50. The third-order valence-corrected chi connectivity index (χ3v) is 6.10.